The summed E-state index contributed by atoms with van der Waals surface area (Å²) in [6, 6.07) is 0. The van der Waals surface area contributed by atoms with Crippen molar-refractivity contribution in [3.05, 3.63) is 0 Å². The molecule has 0 aliphatic carbocycles. The molecule has 0 aromatic carbocycles. The Bertz CT molecular complexity index is 374. The molecule has 1 aliphatic rings. The fraction of sp³-hybridized carbons (Fsp3) is 0.786. The molecule has 0 bridgehead atoms. The number of thiol groups is 1. The number of nitrogens with zero attached hydrogens (tertiary/aromatic N) is 1. The molecule has 7 heteroatoms. The highest BCUT2D eigenvalue weighted by Crippen LogP contribution is 2.18. The van der Waals surface area contributed by atoms with E-state index in [-0.39, 0.29) is 18.2 Å². The summed E-state index contributed by atoms with van der Waals surface area (Å²) in [7, 11) is 0. The van der Waals surface area contributed by atoms with E-state index in [1.165, 1.54) is 4.90 Å². The Hall–Kier alpha value is -1.24. The Balaban J connectivity index is 1.99. The van der Waals surface area contributed by atoms with Gasteiger partial charge < -0.3 is 9.47 Å². The molecule has 1 saturated heterocycles. The van der Waals surface area contributed by atoms with Gasteiger partial charge in [0.2, 0.25) is 11.8 Å². The van der Waals surface area contributed by atoms with Gasteiger partial charge in [-0.05, 0) is 25.7 Å². The minimum absolute atomic E-state index is 0.137. The number of ether oxygens (including phenoxy) is 2. The van der Waals surface area contributed by atoms with Gasteiger partial charge in [-0.3, -0.25) is 14.5 Å². The molecule has 0 N–H and O–H groups in total. The zero-order valence-corrected chi connectivity index (χ0v) is 13.3. The maximum absolute atomic E-state index is 11.6. The number of hydrogen-bond acceptors (Lipinski definition) is 6. The number of unbranched alkanes of at least 4 members (excludes halogenated alkanes) is 3. The van der Waals surface area contributed by atoms with Crippen LogP contribution in [0.3, 0.4) is 0 Å². The van der Waals surface area contributed by atoms with Gasteiger partial charge in [-0.15, -0.1) is 0 Å². The van der Waals surface area contributed by atoms with Crippen LogP contribution in [0, 0.1) is 0 Å². The Kier molecular flexibility index (Phi) is 8.19. The van der Waals surface area contributed by atoms with Gasteiger partial charge >= 0.3 is 6.16 Å². The van der Waals surface area contributed by atoms with Crippen LogP contribution in [0.5, 0.6) is 0 Å². The van der Waals surface area contributed by atoms with Crippen LogP contribution >= 0.6 is 12.6 Å². The van der Waals surface area contributed by atoms with Crippen LogP contribution in [-0.2, 0) is 19.1 Å². The second kappa shape index (κ2) is 9.65. The molecule has 1 atom stereocenters. The first-order valence-corrected chi connectivity index (χ1v) is 7.89. The normalized spacial score (nSPS) is 18.2. The van der Waals surface area contributed by atoms with Crippen LogP contribution in [0.4, 0.5) is 4.79 Å². The van der Waals surface area contributed by atoms with E-state index >= 15 is 0 Å². The largest absolute Gasteiger partial charge is 0.508 e. The standard InChI is InChI=1S/C14H23NO5S/c1-2-8-19-14(18)20-9-6-4-3-5-7-15-12(16)10-11(21)13(15)17/h11,21H,2-10H2,1H3. The molecule has 21 heavy (non-hydrogen) atoms. The van der Waals surface area contributed by atoms with E-state index in [4.69, 9.17) is 9.47 Å². The van der Waals surface area contributed by atoms with Crippen molar-refractivity contribution in [1.82, 2.24) is 4.90 Å². The first-order valence-electron chi connectivity index (χ1n) is 7.38. The first-order chi connectivity index (χ1) is 10.1. The van der Waals surface area contributed by atoms with E-state index in [2.05, 4.69) is 12.6 Å². The summed E-state index contributed by atoms with van der Waals surface area (Å²) in [6.07, 6.45) is 3.62. The average molecular weight is 317 g/mol. The third kappa shape index (κ3) is 6.37. The second-order valence-corrected chi connectivity index (χ2v) is 5.59. The minimum Gasteiger partial charge on any atom is -0.434 e. The molecule has 0 spiro atoms. The van der Waals surface area contributed by atoms with Crippen LogP contribution in [0.2, 0.25) is 0 Å². The molecule has 1 rings (SSSR count). The molecule has 1 unspecified atom stereocenters. The zero-order chi connectivity index (χ0) is 15.7. The number of carbonyl (C=O) groups is 3. The van der Waals surface area contributed by atoms with E-state index < -0.39 is 11.4 Å². The van der Waals surface area contributed by atoms with Crippen LogP contribution in [0.25, 0.3) is 0 Å². The summed E-state index contributed by atoms with van der Waals surface area (Å²) < 4.78 is 9.65. The van der Waals surface area contributed by atoms with Gasteiger partial charge in [-0.1, -0.05) is 13.3 Å². The molecule has 2 amide bonds. The van der Waals surface area contributed by atoms with Crippen LogP contribution in [0.1, 0.15) is 45.4 Å². The summed E-state index contributed by atoms with van der Waals surface area (Å²) in [4.78, 5) is 35.4. The van der Waals surface area contributed by atoms with Gasteiger partial charge in [0.25, 0.3) is 0 Å². The molecule has 120 valence electrons. The third-order valence-corrected chi connectivity index (χ3v) is 3.54. The summed E-state index contributed by atoms with van der Waals surface area (Å²) in [6.45, 7) is 3.08. The van der Waals surface area contributed by atoms with E-state index in [1.807, 2.05) is 6.92 Å². The molecule has 1 heterocycles. The van der Waals surface area contributed by atoms with Gasteiger partial charge in [-0.25, -0.2) is 4.79 Å². The van der Waals surface area contributed by atoms with Crippen molar-refractivity contribution in [2.24, 2.45) is 0 Å². The molecule has 1 aliphatic heterocycles. The summed E-state index contributed by atoms with van der Waals surface area (Å²) >= 11 is 4.07. The van der Waals surface area contributed by atoms with Gasteiger partial charge in [0, 0.05) is 13.0 Å². The maximum Gasteiger partial charge on any atom is 0.508 e. The molecule has 0 aromatic rings. The number of amides is 2. The lowest BCUT2D eigenvalue weighted by Crippen LogP contribution is -2.31. The maximum atomic E-state index is 11.6. The highest BCUT2D eigenvalue weighted by molar-refractivity contribution is 7.81. The number of likely N-dealkylation sites (tertiary alicyclic amines) is 1. The first kappa shape index (κ1) is 17.8. The fourth-order valence-corrected chi connectivity index (χ4v) is 2.30. The van der Waals surface area contributed by atoms with Crippen molar-refractivity contribution in [1.29, 1.82) is 0 Å². The van der Waals surface area contributed by atoms with Crippen molar-refractivity contribution < 1.29 is 23.9 Å². The van der Waals surface area contributed by atoms with E-state index in [0.717, 1.165) is 32.1 Å². The Labute approximate surface area is 130 Å². The summed E-state index contributed by atoms with van der Waals surface area (Å²) in [5.74, 6) is -0.327. The van der Waals surface area contributed by atoms with Crippen molar-refractivity contribution >= 4 is 30.6 Å². The lowest BCUT2D eigenvalue weighted by molar-refractivity contribution is -0.138. The Morgan fingerprint density at radius 3 is 2.48 bits per heavy atom. The van der Waals surface area contributed by atoms with Crippen LogP contribution in [0.15, 0.2) is 0 Å². The van der Waals surface area contributed by atoms with Crippen molar-refractivity contribution in [3.8, 4) is 0 Å². The molecule has 0 saturated carbocycles. The minimum atomic E-state index is -0.620. The molecule has 0 aromatic heterocycles. The average Bonchev–Trinajstić information content (AvgIpc) is 2.69. The fourth-order valence-electron chi connectivity index (χ4n) is 2.01. The number of rotatable bonds is 9. The highest BCUT2D eigenvalue weighted by atomic mass is 32.1. The molecule has 1 fully saturated rings. The Morgan fingerprint density at radius 1 is 1.19 bits per heavy atom. The zero-order valence-electron chi connectivity index (χ0n) is 12.4. The molecular weight excluding hydrogens is 294 g/mol. The van der Waals surface area contributed by atoms with E-state index in [9.17, 15) is 14.4 Å². The lowest BCUT2D eigenvalue weighted by atomic mass is 10.2. The number of imide groups is 1. The van der Waals surface area contributed by atoms with Crippen molar-refractivity contribution in [3.63, 3.8) is 0 Å². The van der Waals surface area contributed by atoms with Gasteiger partial charge in [0.15, 0.2) is 0 Å². The SMILES string of the molecule is CCCOC(=O)OCCCCCCN1C(=O)CC(S)C1=O. The van der Waals surface area contributed by atoms with Crippen LogP contribution < -0.4 is 0 Å². The topological polar surface area (TPSA) is 72.9 Å². The summed E-state index contributed by atoms with van der Waals surface area (Å²) in [5.41, 5.74) is 0. The van der Waals surface area contributed by atoms with Gasteiger partial charge in [0.05, 0.1) is 18.5 Å². The third-order valence-electron chi connectivity index (χ3n) is 3.14. The molecular formula is C14H23NO5S. The quantitative estimate of drug-likeness (QED) is 0.305. The Morgan fingerprint density at radius 2 is 1.86 bits per heavy atom. The van der Waals surface area contributed by atoms with Gasteiger partial charge in [0.1, 0.15) is 0 Å². The predicted molar refractivity (Wildman–Crippen MR) is 80.2 cm³/mol. The predicted octanol–water partition coefficient (Wildman–Crippen LogP) is 2.17. The smallest absolute Gasteiger partial charge is 0.434 e. The second-order valence-electron chi connectivity index (χ2n) is 4.96. The van der Waals surface area contributed by atoms with Crippen molar-refractivity contribution in [2.45, 2.75) is 50.7 Å². The summed E-state index contributed by atoms with van der Waals surface area (Å²) in [5, 5.41) is -0.472. The molecule has 6 nitrogen and oxygen atoms in total. The number of carbonyl (C=O) groups excluding carboxylic acids is 3. The lowest BCUT2D eigenvalue weighted by Gasteiger charge is -2.13. The van der Waals surface area contributed by atoms with Crippen LogP contribution in [-0.4, -0.2) is 47.9 Å². The monoisotopic (exact) mass is 317 g/mol. The van der Waals surface area contributed by atoms with E-state index in [1.54, 1.807) is 0 Å². The van der Waals surface area contributed by atoms with Gasteiger partial charge in [-0.2, -0.15) is 12.6 Å². The van der Waals surface area contributed by atoms with Crippen molar-refractivity contribution in [2.75, 3.05) is 19.8 Å². The highest BCUT2D eigenvalue weighted by Gasteiger charge is 2.35. The molecule has 0 radical (unpaired) electrons. The number of hydrogen-bond donors (Lipinski definition) is 1. The van der Waals surface area contributed by atoms with E-state index in [0.29, 0.717) is 19.8 Å².